The van der Waals surface area contributed by atoms with Crippen LogP contribution < -0.4 is 15.0 Å². The molecule has 1 unspecified atom stereocenters. The molecule has 0 aliphatic carbocycles. The summed E-state index contributed by atoms with van der Waals surface area (Å²) in [5.74, 6) is -0.148. The number of anilines is 2. The highest BCUT2D eigenvalue weighted by atomic mass is 35.5. The minimum Gasteiger partial charge on any atom is -0.495 e. The van der Waals surface area contributed by atoms with Crippen molar-refractivity contribution < 1.29 is 14.3 Å². The lowest BCUT2D eigenvalue weighted by Gasteiger charge is -2.20. The van der Waals surface area contributed by atoms with E-state index >= 15 is 0 Å². The number of aryl methyl sites for hydroxylation is 1. The molecule has 1 fully saturated rings. The van der Waals surface area contributed by atoms with Crippen LogP contribution in [0, 0.1) is 12.8 Å². The summed E-state index contributed by atoms with van der Waals surface area (Å²) in [6.07, 6.45) is 0.160. The second kappa shape index (κ2) is 7.15. The van der Waals surface area contributed by atoms with E-state index in [1.54, 1.807) is 23.1 Å². The van der Waals surface area contributed by atoms with E-state index in [1.165, 1.54) is 7.11 Å². The number of para-hydroxylation sites is 1. The van der Waals surface area contributed by atoms with Crippen LogP contribution in [0.2, 0.25) is 5.02 Å². The van der Waals surface area contributed by atoms with Gasteiger partial charge >= 0.3 is 0 Å². The molecule has 0 spiro atoms. The van der Waals surface area contributed by atoms with Crippen molar-refractivity contribution in [1.82, 2.24) is 0 Å². The smallest absolute Gasteiger partial charge is 0.229 e. The first-order valence-corrected chi connectivity index (χ1v) is 8.38. The average Bonchev–Trinajstić information content (AvgIpc) is 2.98. The van der Waals surface area contributed by atoms with Crippen LogP contribution in [0.1, 0.15) is 12.0 Å². The summed E-state index contributed by atoms with van der Waals surface area (Å²) in [6, 6.07) is 12.7. The molecule has 6 heteroatoms. The van der Waals surface area contributed by atoms with Gasteiger partial charge in [-0.1, -0.05) is 29.8 Å². The molecule has 2 aromatic carbocycles. The number of carbonyl (C=O) groups is 2. The number of hydrogen-bond donors (Lipinski definition) is 1. The lowest BCUT2D eigenvalue weighted by atomic mass is 10.1. The van der Waals surface area contributed by atoms with Gasteiger partial charge in [0.25, 0.3) is 0 Å². The van der Waals surface area contributed by atoms with Crippen molar-refractivity contribution in [3.05, 3.63) is 53.1 Å². The molecule has 1 saturated heterocycles. The molecule has 1 aliphatic heterocycles. The maximum atomic E-state index is 12.6. The number of hydrogen-bond acceptors (Lipinski definition) is 3. The van der Waals surface area contributed by atoms with Gasteiger partial charge in [0.1, 0.15) is 5.75 Å². The largest absolute Gasteiger partial charge is 0.495 e. The highest BCUT2D eigenvalue weighted by Gasteiger charge is 2.36. The summed E-state index contributed by atoms with van der Waals surface area (Å²) < 4.78 is 5.32. The van der Waals surface area contributed by atoms with Crippen LogP contribution in [0.3, 0.4) is 0 Å². The molecule has 1 atom stereocenters. The minimum atomic E-state index is -0.421. The number of ether oxygens (including phenoxy) is 1. The number of carbonyl (C=O) groups excluding carboxylic acids is 2. The van der Waals surface area contributed by atoms with Gasteiger partial charge in [0.15, 0.2) is 0 Å². The fraction of sp³-hybridized carbons (Fsp3) is 0.263. The summed E-state index contributed by atoms with van der Waals surface area (Å²) >= 11 is 6.05. The van der Waals surface area contributed by atoms with Gasteiger partial charge in [-0.15, -0.1) is 0 Å². The first kappa shape index (κ1) is 17.3. The first-order chi connectivity index (χ1) is 12.0. The number of nitrogens with one attached hydrogen (secondary N) is 1. The lowest BCUT2D eigenvalue weighted by Crippen LogP contribution is -2.28. The van der Waals surface area contributed by atoms with E-state index in [0.29, 0.717) is 23.0 Å². The van der Waals surface area contributed by atoms with Gasteiger partial charge in [-0.25, -0.2) is 0 Å². The Hall–Kier alpha value is -2.53. The van der Waals surface area contributed by atoms with Gasteiger partial charge in [0.2, 0.25) is 11.8 Å². The molecule has 1 N–H and O–H groups in total. The van der Waals surface area contributed by atoms with Crippen LogP contribution in [0.15, 0.2) is 42.5 Å². The normalized spacial score (nSPS) is 16.8. The summed E-state index contributed by atoms with van der Waals surface area (Å²) in [5.41, 5.74) is 2.33. The van der Waals surface area contributed by atoms with Crippen molar-refractivity contribution in [3.63, 3.8) is 0 Å². The Bertz CT molecular complexity index is 822. The molecule has 0 bridgehead atoms. The summed E-state index contributed by atoms with van der Waals surface area (Å²) in [4.78, 5) is 26.6. The fourth-order valence-corrected chi connectivity index (χ4v) is 3.10. The van der Waals surface area contributed by atoms with E-state index < -0.39 is 5.92 Å². The van der Waals surface area contributed by atoms with Crippen molar-refractivity contribution in [1.29, 1.82) is 0 Å². The summed E-state index contributed by atoms with van der Waals surface area (Å²) in [5, 5.41) is 3.42. The Morgan fingerprint density at radius 3 is 2.76 bits per heavy atom. The fourth-order valence-electron chi connectivity index (χ4n) is 2.94. The third kappa shape index (κ3) is 3.61. The van der Waals surface area contributed by atoms with Crippen LogP contribution >= 0.6 is 11.6 Å². The van der Waals surface area contributed by atoms with E-state index in [0.717, 1.165) is 11.3 Å². The van der Waals surface area contributed by atoms with E-state index in [4.69, 9.17) is 16.3 Å². The monoisotopic (exact) mass is 358 g/mol. The highest BCUT2D eigenvalue weighted by Crippen LogP contribution is 2.35. The maximum Gasteiger partial charge on any atom is 0.229 e. The number of nitrogens with zero attached hydrogens (tertiary/aromatic N) is 1. The molecular formula is C19H19ClN2O3. The summed E-state index contributed by atoms with van der Waals surface area (Å²) in [7, 11) is 1.54. The van der Waals surface area contributed by atoms with Crippen LogP contribution in [0.25, 0.3) is 0 Å². The van der Waals surface area contributed by atoms with E-state index in [1.807, 2.05) is 31.2 Å². The zero-order valence-electron chi connectivity index (χ0n) is 14.1. The molecule has 2 amide bonds. The molecule has 0 radical (unpaired) electrons. The van der Waals surface area contributed by atoms with Crippen LogP contribution in [-0.4, -0.2) is 25.5 Å². The number of halogens is 1. The molecule has 0 aromatic heterocycles. The molecule has 1 heterocycles. The van der Waals surface area contributed by atoms with Gasteiger partial charge < -0.3 is 15.0 Å². The Morgan fingerprint density at radius 2 is 2.04 bits per heavy atom. The molecule has 2 aromatic rings. The zero-order valence-corrected chi connectivity index (χ0v) is 14.8. The first-order valence-electron chi connectivity index (χ1n) is 8.00. The number of methoxy groups -OCH3 is 1. The second-order valence-corrected chi connectivity index (χ2v) is 6.46. The molecule has 1 aliphatic rings. The van der Waals surface area contributed by atoms with Gasteiger partial charge in [-0.05, 0) is 36.8 Å². The van der Waals surface area contributed by atoms with E-state index in [2.05, 4.69) is 5.32 Å². The van der Waals surface area contributed by atoms with Gasteiger partial charge in [0.05, 0.1) is 18.7 Å². The third-order valence-electron chi connectivity index (χ3n) is 4.33. The predicted octanol–water partition coefficient (Wildman–Crippen LogP) is 3.65. The minimum absolute atomic E-state index is 0.120. The number of rotatable bonds is 4. The Kier molecular flexibility index (Phi) is 4.95. The number of amides is 2. The van der Waals surface area contributed by atoms with E-state index in [-0.39, 0.29) is 18.2 Å². The van der Waals surface area contributed by atoms with Crippen molar-refractivity contribution in [2.75, 3.05) is 23.9 Å². The number of benzene rings is 2. The van der Waals surface area contributed by atoms with E-state index in [9.17, 15) is 9.59 Å². The van der Waals surface area contributed by atoms with Crippen LogP contribution in [0.5, 0.6) is 5.75 Å². The topological polar surface area (TPSA) is 58.6 Å². The predicted molar refractivity (Wildman–Crippen MR) is 98.3 cm³/mol. The highest BCUT2D eigenvalue weighted by molar-refractivity contribution is 6.31. The van der Waals surface area contributed by atoms with Crippen LogP contribution in [0.4, 0.5) is 11.4 Å². The van der Waals surface area contributed by atoms with Crippen molar-refractivity contribution >= 4 is 34.8 Å². The molecule has 0 saturated carbocycles. The van der Waals surface area contributed by atoms with Crippen molar-refractivity contribution in [3.8, 4) is 5.75 Å². The molecule has 130 valence electrons. The zero-order chi connectivity index (χ0) is 18.0. The Labute approximate surface area is 151 Å². The van der Waals surface area contributed by atoms with Crippen molar-refractivity contribution in [2.24, 2.45) is 5.92 Å². The molecule has 25 heavy (non-hydrogen) atoms. The van der Waals surface area contributed by atoms with Gasteiger partial charge in [-0.3, -0.25) is 9.59 Å². The quantitative estimate of drug-likeness (QED) is 0.907. The molecule has 5 nitrogen and oxygen atoms in total. The average molecular weight is 359 g/mol. The summed E-state index contributed by atoms with van der Waals surface area (Å²) in [6.45, 7) is 2.23. The van der Waals surface area contributed by atoms with Gasteiger partial charge in [0, 0.05) is 23.7 Å². The van der Waals surface area contributed by atoms with Crippen molar-refractivity contribution in [2.45, 2.75) is 13.3 Å². The molecule has 3 rings (SSSR count). The lowest BCUT2D eigenvalue weighted by molar-refractivity contribution is -0.122. The Morgan fingerprint density at radius 1 is 1.28 bits per heavy atom. The SMILES string of the molecule is COc1ccc(Cl)cc1N1CC(C(=O)Nc2ccccc2C)CC1=O. The van der Waals surface area contributed by atoms with Crippen LogP contribution in [-0.2, 0) is 9.59 Å². The molecular weight excluding hydrogens is 340 g/mol. The Balaban J connectivity index is 1.78. The second-order valence-electron chi connectivity index (χ2n) is 6.03. The third-order valence-corrected chi connectivity index (χ3v) is 4.57. The standard InChI is InChI=1S/C19H19ClN2O3/c1-12-5-3-4-6-15(12)21-19(24)13-9-18(23)22(11-13)16-10-14(20)7-8-17(16)25-2/h3-8,10,13H,9,11H2,1-2H3,(H,21,24). The maximum absolute atomic E-state index is 12.6. The van der Waals surface area contributed by atoms with Gasteiger partial charge in [-0.2, -0.15) is 0 Å².